The van der Waals surface area contributed by atoms with Crippen LogP contribution in [0.5, 0.6) is 17.2 Å². The smallest absolute Gasteiger partial charge is 0.352 e. The van der Waals surface area contributed by atoms with Crippen LogP contribution >= 0.6 is 11.8 Å². The highest BCUT2D eigenvalue weighted by Crippen LogP contribution is 2.34. The lowest BCUT2D eigenvalue weighted by Gasteiger charge is -2.16. The average Bonchev–Trinajstić information content (AvgIpc) is 3.07. The van der Waals surface area contributed by atoms with Gasteiger partial charge in [-0.1, -0.05) is 0 Å². The predicted octanol–water partition coefficient (Wildman–Crippen LogP) is 4.19. The summed E-state index contributed by atoms with van der Waals surface area (Å²) in [5.74, 6) is 0.559. The number of hydrogen-bond acceptors (Lipinski definition) is 6. The highest BCUT2D eigenvalue weighted by Gasteiger charge is 2.16. The van der Waals surface area contributed by atoms with E-state index in [1.807, 2.05) is 25.3 Å². The first-order valence-corrected chi connectivity index (χ1v) is 9.46. The lowest BCUT2D eigenvalue weighted by atomic mass is 10.2. The van der Waals surface area contributed by atoms with Gasteiger partial charge in [0.05, 0.1) is 23.3 Å². The molecule has 27 heavy (non-hydrogen) atoms. The van der Waals surface area contributed by atoms with Crippen molar-refractivity contribution < 1.29 is 24.1 Å². The highest BCUT2D eigenvalue weighted by atomic mass is 32.2. The number of benzene rings is 1. The molecule has 3 rings (SSSR count). The van der Waals surface area contributed by atoms with Gasteiger partial charge in [-0.05, 0) is 37.4 Å². The largest absolute Gasteiger partial charge is 0.486 e. The molecule has 2 aromatic heterocycles. The van der Waals surface area contributed by atoms with Crippen molar-refractivity contribution in [1.82, 2.24) is 9.97 Å². The predicted molar refractivity (Wildman–Crippen MR) is 103 cm³/mol. The molecule has 0 fully saturated rings. The number of nitrogens with zero attached hydrogens (tertiary/aromatic N) is 1. The van der Waals surface area contributed by atoms with Crippen LogP contribution in [0.1, 0.15) is 17.4 Å². The first-order valence-electron chi connectivity index (χ1n) is 8.23. The zero-order chi connectivity index (χ0) is 19.4. The lowest BCUT2D eigenvalue weighted by Crippen LogP contribution is -2.18. The van der Waals surface area contributed by atoms with E-state index < -0.39 is 5.97 Å². The number of ether oxygens (including phenoxy) is 3. The van der Waals surface area contributed by atoms with Gasteiger partial charge < -0.3 is 24.3 Å². The Labute approximate surface area is 160 Å². The Balaban J connectivity index is 1.97. The van der Waals surface area contributed by atoms with E-state index in [9.17, 15) is 9.90 Å². The van der Waals surface area contributed by atoms with Crippen molar-refractivity contribution >= 4 is 28.6 Å². The van der Waals surface area contributed by atoms with Crippen molar-refractivity contribution in [3.05, 3.63) is 42.2 Å². The van der Waals surface area contributed by atoms with Gasteiger partial charge in [0.1, 0.15) is 29.0 Å². The van der Waals surface area contributed by atoms with E-state index in [0.29, 0.717) is 34.8 Å². The summed E-state index contributed by atoms with van der Waals surface area (Å²) in [6.45, 7) is 2.27. The maximum absolute atomic E-state index is 11.3. The first kappa shape index (κ1) is 19.1. The van der Waals surface area contributed by atoms with Crippen LogP contribution in [0.3, 0.4) is 0 Å². The Morgan fingerprint density at radius 1 is 1.30 bits per heavy atom. The minimum absolute atomic E-state index is 0.0809. The number of hydrogen-bond donors (Lipinski definition) is 2. The van der Waals surface area contributed by atoms with Crippen molar-refractivity contribution in [3.63, 3.8) is 0 Å². The number of pyridine rings is 1. The Bertz CT molecular complexity index is 939. The number of thioether (sulfide) groups is 1. The van der Waals surface area contributed by atoms with Crippen LogP contribution < -0.4 is 9.47 Å². The Kier molecular flexibility index (Phi) is 5.88. The summed E-state index contributed by atoms with van der Waals surface area (Å²) in [7, 11) is 1.59. The quantitative estimate of drug-likeness (QED) is 0.559. The van der Waals surface area contributed by atoms with Gasteiger partial charge in [-0.25, -0.2) is 9.78 Å². The van der Waals surface area contributed by atoms with Gasteiger partial charge >= 0.3 is 5.97 Å². The third-order valence-electron chi connectivity index (χ3n) is 3.78. The van der Waals surface area contributed by atoms with Gasteiger partial charge in [-0.3, -0.25) is 0 Å². The normalized spacial score (nSPS) is 12.1. The molecule has 0 radical (unpaired) electrons. The molecule has 0 aliphatic carbocycles. The summed E-state index contributed by atoms with van der Waals surface area (Å²) < 4.78 is 16.9. The lowest BCUT2D eigenvalue weighted by molar-refractivity contribution is 0.0691. The number of aromatic nitrogens is 2. The van der Waals surface area contributed by atoms with Crippen LogP contribution in [0.15, 0.2) is 41.6 Å². The summed E-state index contributed by atoms with van der Waals surface area (Å²) in [5, 5.41) is 10.8. The summed E-state index contributed by atoms with van der Waals surface area (Å²) in [5.41, 5.74) is 0.677. The number of carbonyl (C=O) groups is 1. The van der Waals surface area contributed by atoms with Gasteiger partial charge in [-0.2, -0.15) is 0 Å². The fourth-order valence-electron chi connectivity index (χ4n) is 2.62. The minimum atomic E-state index is -1.04. The Morgan fingerprint density at radius 3 is 2.74 bits per heavy atom. The monoisotopic (exact) mass is 388 g/mol. The zero-order valence-corrected chi connectivity index (χ0v) is 16.0. The first-order chi connectivity index (χ1) is 13.0. The number of carboxylic acids is 1. The van der Waals surface area contributed by atoms with Crippen LogP contribution in [0.2, 0.25) is 0 Å². The zero-order valence-electron chi connectivity index (χ0n) is 15.2. The standard InChI is InChI=1S/C19H20N2O5S/c1-11(10-24-2)25-16-8-14(26-13-4-5-17(27-3)20-9-13)6-12-7-15(19(22)23)21-18(12)16/h4-9,11,21H,10H2,1-3H3,(H,22,23). The molecule has 2 heterocycles. The SMILES string of the molecule is COCC(C)Oc1cc(Oc2ccc(SC)nc2)cc2cc(C(=O)O)[nH]c12. The summed E-state index contributed by atoms with van der Waals surface area (Å²) in [6.07, 6.45) is 3.38. The molecular weight excluding hydrogens is 368 g/mol. The van der Waals surface area contributed by atoms with E-state index in [4.69, 9.17) is 14.2 Å². The number of carboxylic acid groups (broad SMARTS) is 1. The molecule has 7 nitrogen and oxygen atoms in total. The third kappa shape index (κ3) is 4.53. The number of fused-ring (bicyclic) bond motifs is 1. The average molecular weight is 388 g/mol. The minimum Gasteiger partial charge on any atom is -0.486 e. The molecule has 1 unspecified atom stereocenters. The van der Waals surface area contributed by atoms with E-state index in [1.165, 1.54) is 0 Å². The van der Waals surface area contributed by atoms with Crippen molar-refractivity contribution in [2.45, 2.75) is 18.1 Å². The van der Waals surface area contributed by atoms with Crippen LogP contribution in [0, 0.1) is 0 Å². The number of rotatable bonds is 8. The second-order valence-electron chi connectivity index (χ2n) is 5.90. The molecule has 0 saturated carbocycles. The number of H-pyrrole nitrogens is 1. The van der Waals surface area contributed by atoms with Crippen molar-refractivity contribution in [1.29, 1.82) is 0 Å². The molecule has 0 aliphatic heterocycles. The molecule has 0 aliphatic rings. The number of aromatic amines is 1. The number of methoxy groups -OCH3 is 1. The van der Waals surface area contributed by atoms with Gasteiger partial charge in [0.2, 0.25) is 0 Å². The molecule has 8 heteroatoms. The molecule has 0 amide bonds. The van der Waals surface area contributed by atoms with E-state index in [-0.39, 0.29) is 11.8 Å². The topological polar surface area (TPSA) is 93.7 Å². The Hall–Kier alpha value is -2.71. The number of aromatic carboxylic acids is 1. The van der Waals surface area contributed by atoms with Crippen LogP contribution in [0.25, 0.3) is 10.9 Å². The van der Waals surface area contributed by atoms with Crippen molar-refractivity contribution in [2.24, 2.45) is 0 Å². The number of nitrogens with one attached hydrogen (secondary N) is 1. The fraction of sp³-hybridized carbons (Fsp3) is 0.263. The van der Waals surface area contributed by atoms with Gasteiger partial charge in [-0.15, -0.1) is 11.8 Å². The van der Waals surface area contributed by atoms with Gasteiger partial charge in [0, 0.05) is 18.6 Å². The molecule has 3 aromatic rings. The van der Waals surface area contributed by atoms with E-state index in [1.54, 1.807) is 43.3 Å². The Morgan fingerprint density at radius 2 is 2.11 bits per heavy atom. The molecule has 0 saturated heterocycles. The molecule has 1 aromatic carbocycles. The molecule has 1 atom stereocenters. The fourth-order valence-corrected chi connectivity index (χ4v) is 2.98. The van der Waals surface area contributed by atoms with Crippen molar-refractivity contribution in [2.75, 3.05) is 20.0 Å². The molecule has 142 valence electrons. The highest BCUT2D eigenvalue weighted by molar-refractivity contribution is 7.98. The van der Waals surface area contributed by atoms with E-state index in [0.717, 1.165) is 5.03 Å². The molecular formula is C19H20N2O5S. The molecule has 0 spiro atoms. The van der Waals surface area contributed by atoms with Gasteiger partial charge in [0.15, 0.2) is 0 Å². The summed E-state index contributed by atoms with van der Waals surface area (Å²) in [6, 6.07) is 8.73. The van der Waals surface area contributed by atoms with Crippen LogP contribution in [0.4, 0.5) is 0 Å². The van der Waals surface area contributed by atoms with E-state index >= 15 is 0 Å². The molecule has 0 bridgehead atoms. The summed E-state index contributed by atoms with van der Waals surface area (Å²) in [4.78, 5) is 18.5. The maximum atomic E-state index is 11.3. The van der Waals surface area contributed by atoms with Crippen LogP contribution in [-0.2, 0) is 4.74 Å². The van der Waals surface area contributed by atoms with Crippen LogP contribution in [-0.4, -0.2) is 47.1 Å². The van der Waals surface area contributed by atoms with Crippen molar-refractivity contribution in [3.8, 4) is 17.2 Å². The van der Waals surface area contributed by atoms with Gasteiger partial charge in [0.25, 0.3) is 0 Å². The van der Waals surface area contributed by atoms with E-state index in [2.05, 4.69) is 9.97 Å². The third-order valence-corrected chi connectivity index (χ3v) is 4.44. The second kappa shape index (κ2) is 8.32. The summed E-state index contributed by atoms with van der Waals surface area (Å²) >= 11 is 1.55. The maximum Gasteiger partial charge on any atom is 0.352 e. The second-order valence-corrected chi connectivity index (χ2v) is 6.72. The molecule has 2 N–H and O–H groups in total.